The molecule has 0 bridgehead atoms. The zero-order valence-corrected chi connectivity index (χ0v) is 18.2. The minimum absolute atomic E-state index is 0.0101. The summed E-state index contributed by atoms with van der Waals surface area (Å²) in [5.74, 6) is -1.15. The Bertz CT molecular complexity index is 1030. The van der Waals surface area contributed by atoms with E-state index in [1.807, 2.05) is 6.08 Å². The SMILES string of the molecule is CC(C)(C)[C@@H]1CC=C2[C@@H](C1)[C@@H](c1cc(Br)ccc1F)C(C#N)=C(N)C2(C#N)C#N. The third-order valence-electron chi connectivity index (χ3n) is 6.37. The highest BCUT2D eigenvalue weighted by Gasteiger charge is 2.53. The Morgan fingerprint density at radius 1 is 1.21 bits per heavy atom. The molecule has 0 saturated carbocycles. The zero-order chi connectivity index (χ0) is 21.6. The van der Waals surface area contributed by atoms with E-state index in [1.54, 1.807) is 12.1 Å². The number of rotatable bonds is 1. The van der Waals surface area contributed by atoms with E-state index >= 15 is 0 Å². The highest BCUT2D eigenvalue weighted by atomic mass is 79.9. The number of nitriles is 3. The van der Waals surface area contributed by atoms with Crippen LogP contribution in [-0.2, 0) is 0 Å². The Labute approximate surface area is 179 Å². The van der Waals surface area contributed by atoms with Gasteiger partial charge in [-0.25, -0.2) is 4.39 Å². The summed E-state index contributed by atoms with van der Waals surface area (Å²) >= 11 is 3.39. The van der Waals surface area contributed by atoms with Gasteiger partial charge in [0.05, 0.1) is 29.5 Å². The van der Waals surface area contributed by atoms with Crippen LogP contribution in [0.2, 0.25) is 0 Å². The quantitative estimate of drug-likeness (QED) is 0.572. The molecule has 0 heterocycles. The molecule has 0 spiro atoms. The van der Waals surface area contributed by atoms with E-state index in [0.29, 0.717) is 28.5 Å². The Morgan fingerprint density at radius 2 is 1.86 bits per heavy atom. The first-order valence-electron chi connectivity index (χ1n) is 9.49. The molecule has 29 heavy (non-hydrogen) atoms. The van der Waals surface area contributed by atoms with E-state index in [4.69, 9.17) is 5.73 Å². The predicted octanol–water partition coefficient (Wildman–Crippen LogP) is 5.45. The number of benzene rings is 1. The second-order valence-corrected chi connectivity index (χ2v) is 9.77. The number of halogens is 2. The summed E-state index contributed by atoms with van der Waals surface area (Å²) in [6.07, 6.45) is 3.29. The molecule has 0 fully saturated rings. The highest BCUT2D eigenvalue weighted by molar-refractivity contribution is 9.10. The average Bonchev–Trinajstić information content (AvgIpc) is 2.68. The van der Waals surface area contributed by atoms with Crippen LogP contribution in [0.5, 0.6) is 0 Å². The van der Waals surface area contributed by atoms with Crippen LogP contribution in [0.25, 0.3) is 0 Å². The first kappa shape index (κ1) is 21.1. The first-order chi connectivity index (χ1) is 13.6. The number of fused-ring (bicyclic) bond motifs is 1. The molecule has 2 N–H and O–H groups in total. The summed E-state index contributed by atoms with van der Waals surface area (Å²) in [5, 5.41) is 29.8. The van der Waals surface area contributed by atoms with Crippen molar-refractivity contribution in [3.05, 3.63) is 57.0 Å². The predicted molar refractivity (Wildman–Crippen MR) is 111 cm³/mol. The van der Waals surface area contributed by atoms with Crippen LogP contribution < -0.4 is 5.73 Å². The van der Waals surface area contributed by atoms with Crippen molar-refractivity contribution in [1.29, 1.82) is 15.8 Å². The lowest BCUT2D eigenvalue weighted by molar-refractivity contribution is 0.179. The third kappa shape index (κ3) is 3.25. The Morgan fingerprint density at radius 3 is 2.41 bits per heavy atom. The molecule has 1 aromatic rings. The van der Waals surface area contributed by atoms with Crippen molar-refractivity contribution in [1.82, 2.24) is 0 Å². The van der Waals surface area contributed by atoms with Gasteiger partial charge in [-0.1, -0.05) is 42.8 Å². The molecule has 3 atom stereocenters. The number of allylic oxidation sites excluding steroid dienone is 3. The summed E-state index contributed by atoms with van der Waals surface area (Å²) in [4.78, 5) is 0. The Kier molecular flexibility index (Phi) is 5.33. The summed E-state index contributed by atoms with van der Waals surface area (Å²) < 4.78 is 15.6. The molecule has 3 rings (SSSR count). The van der Waals surface area contributed by atoms with Crippen LogP contribution in [-0.4, -0.2) is 0 Å². The molecule has 2 aliphatic carbocycles. The lowest BCUT2D eigenvalue weighted by atomic mass is 9.55. The van der Waals surface area contributed by atoms with Crippen molar-refractivity contribution in [3.63, 3.8) is 0 Å². The Balaban J connectivity index is 2.34. The zero-order valence-electron chi connectivity index (χ0n) is 16.6. The molecule has 6 heteroatoms. The van der Waals surface area contributed by atoms with Gasteiger partial charge in [0.25, 0.3) is 0 Å². The molecule has 1 aromatic carbocycles. The van der Waals surface area contributed by atoms with E-state index in [1.165, 1.54) is 6.07 Å². The molecule has 0 saturated heterocycles. The van der Waals surface area contributed by atoms with Crippen LogP contribution >= 0.6 is 15.9 Å². The van der Waals surface area contributed by atoms with Crippen LogP contribution in [0, 0.1) is 62.5 Å². The number of hydrogen-bond acceptors (Lipinski definition) is 4. The van der Waals surface area contributed by atoms with Crippen LogP contribution in [0.4, 0.5) is 4.39 Å². The largest absolute Gasteiger partial charge is 0.399 e. The molecule has 4 nitrogen and oxygen atoms in total. The fraction of sp³-hybridized carbons (Fsp3) is 0.435. The van der Waals surface area contributed by atoms with Crippen LogP contribution in [0.15, 0.2) is 45.6 Å². The van der Waals surface area contributed by atoms with Gasteiger partial charge in [-0.3, -0.25) is 0 Å². The monoisotopic (exact) mass is 452 g/mol. The fourth-order valence-electron chi connectivity index (χ4n) is 4.66. The standard InChI is InChI=1S/C23H22BrFN4/c1-22(2,3)13-4-6-18-15(8-13)20(16-9-14(24)5-7-19(16)25)17(10-26)21(29)23(18,11-27)12-28/h5-7,9,13,15,20H,4,8,29H2,1-3H3/t13-,15-,20+/m1/s1. The summed E-state index contributed by atoms with van der Waals surface area (Å²) in [7, 11) is 0. The van der Waals surface area contributed by atoms with Gasteiger partial charge >= 0.3 is 0 Å². The van der Waals surface area contributed by atoms with Gasteiger partial charge in [0.2, 0.25) is 5.41 Å². The molecule has 0 aliphatic heterocycles. The van der Waals surface area contributed by atoms with E-state index in [2.05, 4.69) is 54.9 Å². The molecule has 0 unspecified atom stereocenters. The summed E-state index contributed by atoms with van der Waals surface area (Å²) in [5.41, 5.74) is 5.57. The molecule has 0 amide bonds. The maximum absolute atomic E-state index is 14.9. The molecule has 0 radical (unpaired) electrons. The second kappa shape index (κ2) is 7.33. The van der Waals surface area contributed by atoms with Gasteiger partial charge < -0.3 is 5.73 Å². The molecular formula is C23H22BrFN4. The third-order valence-corrected chi connectivity index (χ3v) is 6.87. The van der Waals surface area contributed by atoms with E-state index in [0.717, 1.165) is 0 Å². The smallest absolute Gasteiger partial charge is 0.204 e. The molecule has 0 aromatic heterocycles. The average molecular weight is 453 g/mol. The minimum atomic E-state index is -1.68. The van der Waals surface area contributed by atoms with Gasteiger partial charge in [-0.15, -0.1) is 0 Å². The van der Waals surface area contributed by atoms with Crippen molar-refractivity contribution < 1.29 is 4.39 Å². The van der Waals surface area contributed by atoms with Gasteiger partial charge in [0, 0.05) is 10.4 Å². The van der Waals surface area contributed by atoms with Crippen molar-refractivity contribution in [2.75, 3.05) is 0 Å². The van der Waals surface area contributed by atoms with E-state index in [-0.39, 0.29) is 28.5 Å². The minimum Gasteiger partial charge on any atom is -0.399 e. The topological polar surface area (TPSA) is 97.4 Å². The highest BCUT2D eigenvalue weighted by Crippen LogP contribution is 2.57. The first-order valence-corrected chi connectivity index (χ1v) is 10.3. The maximum atomic E-state index is 14.9. The lowest BCUT2D eigenvalue weighted by Gasteiger charge is -2.46. The van der Waals surface area contributed by atoms with Crippen molar-refractivity contribution in [3.8, 4) is 18.2 Å². The second-order valence-electron chi connectivity index (χ2n) is 8.86. The number of nitrogens with two attached hydrogens (primary N) is 1. The van der Waals surface area contributed by atoms with E-state index < -0.39 is 17.2 Å². The van der Waals surface area contributed by atoms with E-state index in [9.17, 15) is 20.2 Å². The molecule has 148 valence electrons. The van der Waals surface area contributed by atoms with Gasteiger partial charge in [0.15, 0.2) is 0 Å². The van der Waals surface area contributed by atoms with Gasteiger partial charge in [-0.05, 0) is 59.4 Å². The molecule has 2 aliphatic rings. The molecular weight excluding hydrogens is 431 g/mol. The van der Waals surface area contributed by atoms with Crippen molar-refractivity contribution in [2.45, 2.75) is 39.5 Å². The van der Waals surface area contributed by atoms with Crippen LogP contribution in [0.3, 0.4) is 0 Å². The normalized spacial score (nSPS) is 25.9. The van der Waals surface area contributed by atoms with Gasteiger partial charge in [0.1, 0.15) is 5.82 Å². The van der Waals surface area contributed by atoms with Crippen LogP contribution in [0.1, 0.15) is 45.1 Å². The number of hydrogen-bond donors (Lipinski definition) is 1. The number of nitrogens with zero attached hydrogens (tertiary/aromatic N) is 3. The van der Waals surface area contributed by atoms with Crippen molar-refractivity contribution >= 4 is 15.9 Å². The van der Waals surface area contributed by atoms with Gasteiger partial charge in [-0.2, -0.15) is 15.8 Å². The van der Waals surface area contributed by atoms with Crippen molar-refractivity contribution in [2.24, 2.45) is 28.4 Å². The lowest BCUT2D eigenvalue weighted by Crippen LogP contribution is -2.43. The summed E-state index contributed by atoms with van der Waals surface area (Å²) in [6, 6.07) is 10.9. The maximum Gasteiger partial charge on any atom is 0.204 e. The fourth-order valence-corrected chi connectivity index (χ4v) is 5.04. The summed E-state index contributed by atoms with van der Waals surface area (Å²) in [6.45, 7) is 6.43. The Hall–Kier alpha value is -2.62.